The van der Waals surface area contributed by atoms with Crippen LogP contribution in [0.1, 0.15) is 5.56 Å². The molecule has 1 amide bonds. The topological polar surface area (TPSA) is 64.1 Å². The minimum absolute atomic E-state index is 0.0807. The summed E-state index contributed by atoms with van der Waals surface area (Å²) < 4.78 is 10.3. The van der Waals surface area contributed by atoms with Gasteiger partial charge in [0.25, 0.3) is 0 Å². The van der Waals surface area contributed by atoms with Crippen LogP contribution in [0.3, 0.4) is 0 Å². The summed E-state index contributed by atoms with van der Waals surface area (Å²) in [5.41, 5.74) is 2.90. The third-order valence-corrected chi connectivity index (χ3v) is 5.33. The van der Waals surface area contributed by atoms with Crippen LogP contribution in [-0.4, -0.2) is 28.1 Å². The van der Waals surface area contributed by atoms with Crippen LogP contribution in [0.5, 0.6) is 5.75 Å². The Bertz CT molecular complexity index is 863. The van der Waals surface area contributed by atoms with Gasteiger partial charge in [-0.2, -0.15) is 4.37 Å². The molecule has 128 valence electrons. The molecule has 1 aromatic heterocycles. The van der Waals surface area contributed by atoms with Crippen molar-refractivity contribution in [2.75, 3.05) is 18.2 Å². The average Bonchev–Trinajstić information content (AvgIpc) is 3.10. The Kier molecular flexibility index (Phi) is 5.67. The molecule has 0 radical (unpaired) electrons. The Balaban J connectivity index is 1.56. The van der Waals surface area contributed by atoms with Crippen LogP contribution in [0.4, 0.5) is 5.69 Å². The molecule has 5 nitrogen and oxygen atoms in total. The van der Waals surface area contributed by atoms with Crippen LogP contribution in [0.15, 0.2) is 52.9 Å². The van der Waals surface area contributed by atoms with E-state index >= 15 is 0 Å². The van der Waals surface area contributed by atoms with Gasteiger partial charge in [0.05, 0.1) is 12.9 Å². The van der Waals surface area contributed by atoms with Gasteiger partial charge in [0.1, 0.15) is 5.75 Å². The van der Waals surface area contributed by atoms with Gasteiger partial charge in [-0.1, -0.05) is 36.0 Å². The van der Waals surface area contributed by atoms with Gasteiger partial charge >= 0.3 is 0 Å². The molecule has 0 saturated heterocycles. The van der Waals surface area contributed by atoms with E-state index in [1.165, 1.54) is 23.3 Å². The number of rotatable bonds is 6. The molecule has 0 fully saturated rings. The molecular weight excluding hydrogens is 354 g/mol. The summed E-state index contributed by atoms with van der Waals surface area (Å²) in [6.07, 6.45) is 0. The molecule has 0 bridgehead atoms. The molecule has 2 aromatic carbocycles. The van der Waals surface area contributed by atoms with E-state index in [-0.39, 0.29) is 11.7 Å². The highest BCUT2D eigenvalue weighted by Crippen LogP contribution is 2.27. The van der Waals surface area contributed by atoms with Crippen molar-refractivity contribution >= 4 is 34.9 Å². The molecule has 25 heavy (non-hydrogen) atoms. The maximum absolute atomic E-state index is 12.1. The first-order valence-electron chi connectivity index (χ1n) is 7.62. The van der Waals surface area contributed by atoms with E-state index in [4.69, 9.17) is 4.74 Å². The zero-order valence-electron chi connectivity index (χ0n) is 13.9. The van der Waals surface area contributed by atoms with Crippen molar-refractivity contribution in [1.29, 1.82) is 0 Å². The second-order valence-electron chi connectivity index (χ2n) is 5.26. The first-order chi connectivity index (χ1) is 12.2. The fourth-order valence-electron chi connectivity index (χ4n) is 2.20. The number of carbonyl (C=O) groups is 1. The normalized spacial score (nSPS) is 10.5. The van der Waals surface area contributed by atoms with Crippen LogP contribution in [0.25, 0.3) is 11.4 Å². The SMILES string of the molecule is COc1ccc(NC(=O)CSc2nc(-c3ccccc3C)ns2)cc1. The fraction of sp³-hybridized carbons (Fsp3) is 0.167. The van der Waals surface area contributed by atoms with Gasteiger partial charge in [0, 0.05) is 11.3 Å². The van der Waals surface area contributed by atoms with Crippen molar-refractivity contribution in [2.24, 2.45) is 0 Å². The van der Waals surface area contributed by atoms with Crippen molar-refractivity contribution in [3.63, 3.8) is 0 Å². The van der Waals surface area contributed by atoms with Gasteiger partial charge in [-0.25, -0.2) is 4.98 Å². The number of hydrogen-bond donors (Lipinski definition) is 1. The number of ether oxygens (including phenoxy) is 1. The smallest absolute Gasteiger partial charge is 0.234 e. The molecule has 3 aromatic rings. The highest BCUT2D eigenvalue weighted by atomic mass is 32.2. The number of methoxy groups -OCH3 is 1. The number of hydrogen-bond acceptors (Lipinski definition) is 6. The predicted molar refractivity (Wildman–Crippen MR) is 102 cm³/mol. The molecule has 0 aliphatic heterocycles. The summed E-state index contributed by atoms with van der Waals surface area (Å²) in [5, 5.41) is 2.85. The first kappa shape index (κ1) is 17.4. The number of aryl methyl sites for hydroxylation is 1. The lowest BCUT2D eigenvalue weighted by Gasteiger charge is -2.05. The quantitative estimate of drug-likeness (QED) is 0.656. The fourth-order valence-corrected chi connectivity index (χ4v) is 3.61. The van der Waals surface area contributed by atoms with Crippen LogP contribution in [0.2, 0.25) is 0 Å². The Morgan fingerprint density at radius 3 is 2.68 bits per heavy atom. The van der Waals surface area contributed by atoms with Crippen LogP contribution >= 0.6 is 23.3 Å². The molecule has 7 heteroatoms. The molecular formula is C18H17N3O2S2. The standard InChI is InChI=1S/C18H17N3O2S2/c1-12-5-3-4-6-15(12)17-20-18(25-21-17)24-11-16(22)19-13-7-9-14(23-2)10-8-13/h3-10H,11H2,1-2H3,(H,19,22). The summed E-state index contributed by atoms with van der Waals surface area (Å²) in [6.45, 7) is 2.03. The van der Waals surface area contributed by atoms with E-state index in [0.717, 1.165) is 26.9 Å². The van der Waals surface area contributed by atoms with Gasteiger partial charge in [-0.05, 0) is 48.3 Å². The van der Waals surface area contributed by atoms with Gasteiger partial charge in [-0.3, -0.25) is 4.79 Å². The molecule has 0 aliphatic rings. The van der Waals surface area contributed by atoms with E-state index in [9.17, 15) is 4.79 Å². The molecule has 0 saturated carbocycles. The molecule has 1 heterocycles. The minimum atomic E-state index is -0.0807. The third-order valence-electron chi connectivity index (χ3n) is 3.49. The molecule has 0 aliphatic carbocycles. The zero-order valence-corrected chi connectivity index (χ0v) is 15.5. The maximum Gasteiger partial charge on any atom is 0.234 e. The van der Waals surface area contributed by atoms with Crippen molar-refractivity contribution in [3.05, 3.63) is 54.1 Å². The summed E-state index contributed by atoms with van der Waals surface area (Å²) in [6, 6.07) is 15.2. The zero-order chi connectivity index (χ0) is 17.6. The van der Waals surface area contributed by atoms with E-state index < -0.39 is 0 Å². The van der Waals surface area contributed by atoms with Crippen molar-refractivity contribution < 1.29 is 9.53 Å². The van der Waals surface area contributed by atoms with E-state index in [2.05, 4.69) is 14.7 Å². The van der Waals surface area contributed by atoms with Gasteiger partial charge in [0.15, 0.2) is 10.2 Å². The Morgan fingerprint density at radius 2 is 1.96 bits per heavy atom. The molecule has 3 rings (SSSR count). The van der Waals surface area contributed by atoms with Crippen molar-refractivity contribution in [2.45, 2.75) is 11.3 Å². The number of thioether (sulfide) groups is 1. The Morgan fingerprint density at radius 1 is 1.20 bits per heavy atom. The van der Waals surface area contributed by atoms with Crippen molar-refractivity contribution in [3.8, 4) is 17.1 Å². The Labute approximate surface area is 154 Å². The van der Waals surface area contributed by atoms with E-state index in [1.807, 2.05) is 55.5 Å². The minimum Gasteiger partial charge on any atom is -0.497 e. The summed E-state index contributed by atoms with van der Waals surface area (Å²) in [7, 11) is 1.61. The largest absolute Gasteiger partial charge is 0.497 e. The Hall–Kier alpha value is -2.38. The number of nitrogens with one attached hydrogen (secondary N) is 1. The summed E-state index contributed by atoms with van der Waals surface area (Å²) in [5.74, 6) is 1.67. The molecule has 0 unspecified atom stereocenters. The lowest BCUT2D eigenvalue weighted by atomic mass is 10.1. The molecule has 1 N–H and O–H groups in total. The first-order valence-corrected chi connectivity index (χ1v) is 9.38. The van der Waals surface area contributed by atoms with Gasteiger partial charge in [0.2, 0.25) is 5.91 Å². The number of benzene rings is 2. The highest BCUT2D eigenvalue weighted by Gasteiger charge is 2.11. The maximum atomic E-state index is 12.1. The number of amides is 1. The van der Waals surface area contributed by atoms with Gasteiger partial charge < -0.3 is 10.1 Å². The third kappa shape index (κ3) is 4.58. The predicted octanol–water partition coefficient (Wildman–Crippen LogP) is 4.25. The number of nitrogens with zero attached hydrogens (tertiary/aromatic N) is 2. The average molecular weight is 371 g/mol. The number of anilines is 1. The molecule has 0 spiro atoms. The van der Waals surface area contributed by atoms with Crippen molar-refractivity contribution in [1.82, 2.24) is 9.36 Å². The molecule has 0 atom stereocenters. The van der Waals surface area contributed by atoms with Crippen LogP contribution < -0.4 is 10.1 Å². The van der Waals surface area contributed by atoms with E-state index in [1.54, 1.807) is 7.11 Å². The summed E-state index contributed by atoms with van der Waals surface area (Å²) >= 11 is 2.70. The lowest BCUT2D eigenvalue weighted by molar-refractivity contribution is -0.113. The van der Waals surface area contributed by atoms with E-state index in [0.29, 0.717) is 5.82 Å². The number of carbonyl (C=O) groups excluding carboxylic acids is 1. The second kappa shape index (κ2) is 8.13. The monoisotopic (exact) mass is 371 g/mol. The highest BCUT2D eigenvalue weighted by molar-refractivity contribution is 8.01. The number of aromatic nitrogens is 2. The summed E-state index contributed by atoms with van der Waals surface area (Å²) in [4.78, 5) is 16.6. The lowest BCUT2D eigenvalue weighted by Crippen LogP contribution is -2.13. The van der Waals surface area contributed by atoms with Crippen LogP contribution in [-0.2, 0) is 4.79 Å². The second-order valence-corrected chi connectivity index (χ2v) is 7.24. The van der Waals surface area contributed by atoms with Crippen LogP contribution in [0, 0.1) is 6.92 Å². The van der Waals surface area contributed by atoms with Gasteiger partial charge in [-0.15, -0.1) is 0 Å².